The zero-order valence-corrected chi connectivity index (χ0v) is 19.5. The quantitative estimate of drug-likeness (QED) is 0.0870. The molecule has 0 aliphatic carbocycles. The maximum absolute atomic E-state index is 13.6. The third kappa shape index (κ3) is 10.5. The van der Waals surface area contributed by atoms with Crippen LogP contribution >= 0.6 is 23.5 Å². The van der Waals surface area contributed by atoms with Crippen LogP contribution in [0, 0.1) is 0 Å². The van der Waals surface area contributed by atoms with Crippen molar-refractivity contribution in [1.29, 1.82) is 0 Å². The van der Waals surface area contributed by atoms with Crippen molar-refractivity contribution in [3.05, 3.63) is 25.3 Å². The van der Waals surface area contributed by atoms with Gasteiger partial charge >= 0.3 is 40.6 Å². The average Bonchev–Trinajstić information content (AvgIpc) is 2.78. The SMILES string of the molecule is C=CC(=O)OCCSC(F)(F)C(F)OC(F)(F)C(F)(F)C(F)(F)OC(F)C(F)(F)SCCOC(=O)C=C. The molecule has 20 heteroatoms. The molecule has 37 heavy (non-hydrogen) atoms. The van der Waals surface area contributed by atoms with Gasteiger partial charge in [0.15, 0.2) is 0 Å². The molecule has 0 aromatic carbocycles. The van der Waals surface area contributed by atoms with E-state index in [-0.39, 0.29) is 0 Å². The third-order valence-corrected chi connectivity index (χ3v) is 5.22. The molecule has 0 rings (SSSR count). The minimum atomic E-state index is -7.17. The van der Waals surface area contributed by atoms with Crippen LogP contribution in [-0.4, -0.2) is 78.0 Å². The Morgan fingerprint density at radius 2 is 0.973 bits per heavy atom. The van der Waals surface area contributed by atoms with E-state index in [9.17, 15) is 62.3 Å². The largest absolute Gasteiger partial charge is 0.462 e. The molecule has 0 N–H and O–H groups in total. The number of rotatable bonds is 18. The summed E-state index contributed by atoms with van der Waals surface area (Å²) in [6.45, 7) is 4.11. The normalized spacial score (nSPS) is 15.0. The Labute approximate surface area is 208 Å². The van der Waals surface area contributed by atoms with Crippen LogP contribution < -0.4 is 0 Å². The zero-order valence-electron chi connectivity index (χ0n) is 17.9. The van der Waals surface area contributed by atoms with Gasteiger partial charge in [-0.1, -0.05) is 36.7 Å². The van der Waals surface area contributed by atoms with Crippen LogP contribution in [0.2, 0.25) is 0 Å². The van der Waals surface area contributed by atoms with Crippen molar-refractivity contribution in [1.82, 2.24) is 0 Å². The number of esters is 2. The maximum Gasteiger partial charge on any atom is 0.431 e. The molecule has 0 aliphatic heterocycles. The molecular formula is C17H16F12O6S2. The Hall–Kier alpha value is -1.80. The number of carbonyl (C=O) groups is 2. The van der Waals surface area contributed by atoms with Crippen molar-refractivity contribution in [2.24, 2.45) is 0 Å². The van der Waals surface area contributed by atoms with Gasteiger partial charge in [0, 0.05) is 23.7 Å². The number of hydrogen-bond donors (Lipinski definition) is 0. The number of halogens is 12. The highest BCUT2D eigenvalue weighted by Gasteiger charge is 2.77. The molecule has 2 unspecified atom stereocenters. The predicted octanol–water partition coefficient (Wildman–Crippen LogP) is 5.54. The molecule has 2 atom stereocenters. The van der Waals surface area contributed by atoms with Gasteiger partial charge in [0.25, 0.3) is 12.7 Å². The van der Waals surface area contributed by atoms with Crippen molar-refractivity contribution >= 4 is 35.5 Å². The van der Waals surface area contributed by atoms with Crippen molar-refractivity contribution < 1.29 is 81.2 Å². The Bertz CT molecular complexity index is 737. The summed E-state index contributed by atoms with van der Waals surface area (Å²) in [7, 11) is 0. The number of hydrogen-bond acceptors (Lipinski definition) is 8. The first-order chi connectivity index (χ1) is 16.7. The fourth-order valence-corrected chi connectivity index (χ4v) is 2.84. The fourth-order valence-electron chi connectivity index (χ4n) is 1.60. The fraction of sp³-hybridized carbons (Fsp3) is 0.647. The summed E-state index contributed by atoms with van der Waals surface area (Å²) < 4.78 is 176. The number of alkyl halides is 12. The van der Waals surface area contributed by atoms with Crippen molar-refractivity contribution in [2.45, 2.75) is 41.4 Å². The van der Waals surface area contributed by atoms with Gasteiger partial charge in [0.05, 0.1) is 0 Å². The molecule has 0 fully saturated rings. The summed E-state index contributed by atoms with van der Waals surface area (Å²) >= 11 is -1.83. The van der Waals surface area contributed by atoms with E-state index in [0.717, 1.165) is 0 Å². The van der Waals surface area contributed by atoms with Crippen LogP contribution in [0.25, 0.3) is 0 Å². The van der Waals surface area contributed by atoms with E-state index in [1.54, 1.807) is 0 Å². The number of ether oxygens (including phenoxy) is 4. The molecule has 0 heterocycles. The molecule has 0 spiro atoms. The van der Waals surface area contributed by atoms with Gasteiger partial charge < -0.3 is 9.47 Å². The predicted molar refractivity (Wildman–Crippen MR) is 104 cm³/mol. The molecular weight excluding hydrogens is 592 g/mol. The Morgan fingerprint density at radius 1 is 0.676 bits per heavy atom. The first-order valence-corrected chi connectivity index (χ1v) is 11.0. The second kappa shape index (κ2) is 13.8. The maximum atomic E-state index is 13.6. The van der Waals surface area contributed by atoms with Gasteiger partial charge in [-0.05, 0) is 0 Å². The highest BCUT2D eigenvalue weighted by atomic mass is 32.2. The summed E-state index contributed by atoms with van der Waals surface area (Å²) in [5, 5.41) is -10.2. The standard InChI is InChI=1S/C17H16F12O6S2/c1-3-9(30)32-5-7-36-13(20,21)11(18)34-16(26,27)15(24,25)17(28,29)35-12(19)14(22,23)37-8-6-33-10(31)4-2/h3-4,11-12H,1-2,5-8H2. The smallest absolute Gasteiger partial charge is 0.431 e. The molecule has 0 bridgehead atoms. The summed E-state index contributed by atoms with van der Waals surface area (Å²) in [4.78, 5) is 21.4. The van der Waals surface area contributed by atoms with E-state index in [1.165, 1.54) is 0 Å². The van der Waals surface area contributed by atoms with Crippen molar-refractivity contribution in [3.63, 3.8) is 0 Å². The first-order valence-electron chi connectivity index (χ1n) is 9.06. The molecule has 0 aliphatic rings. The summed E-state index contributed by atoms with van der Waals surface area (Å²) in [6.07, 6.45) is -22.0. The molecule has 6 nitrogen and oxygen atoms in total. The summed E-state index contributed by atoms with van der Waals surface area (Å²) in [6, 6.07) is 0. The summed E-state index contributed by atoms with van der Waals surface area (Å²) in [5.41, 5.74) is 0. The van der Waals surface area contributed by atoms with Crippen LogP contribution in [0.1, 0.15) is 0 Å². The van der Waals surface area contributed by atoms with Crippen LogP contribution in [-0.2, 0) is 28.5 Å². The van der Waals surface area contributed by atoms with Gasteiger partial charge in [0.2, 0.25) is 0 Å². The minimum Gasteiger partial charge on any atom is -0.462 e. The van der Waals surface area contributed by atoms with Crippen molar-refractivity contribution in [2.75, 3.05) is 24.7 Å². The zero-order chi connectivity index (χ0) is 29.3. The van der Waals surface area contributed by atoms with Crippen LogP contribution in [0.15, 0.2) is 25.3 Å². The Morgan fingerprint density at radius 3 is 1.24 bits per heavy atom. The minimum absolute atomic E-state index is 0.590. The molecule has 0 saturated heterocycles. The molecule has 0 aromatic heterocycles. The van der Waals surface area contributed by atoms with Gasteiger partial charge in [-0.15, -0.1) is 0 Å². The van der Waals surface area contributed by atoms with E-state index in [2.05, 4.69) is 32.1 Å². The summed E-state index contributed by atoms with van der Waals surface area (Å²) in [5.74, 6) is -11.5. The lowest BCUT2D eigenvalue weighted by molar-refractivity contribution is -0.480. The molecule has 0 aromatic rings. The van der Waals surface area contributed by atoms with Gasteiger partial charge in [-0.2, -0.15) is 43.9 Å². The second-order valence-electron chi connectivity index (χ2n) is 6.04. The monoisotopic (exact) mass is 608 g/mol. The van der Waals surface area contributed by atoms with Crippen LogP contribution in [0.3, 0.4) is 0 Å². The van der Waals surface area contributed by atoms with E-state index < -0.39 is 102 Å². The first kappa shape index (κ1) is 35.2. The molecule has 0 radical (unpaired) electrons. The third-order valence-electron chi connectivity index (χ3n) is 3.34. The van der Waals surface area contributed by atoms with Crippen LogP contribution in [0.5, 0.6) is 0 Å². The van der Waals surface area contributed by atoms with Gasteiger partial charge in [-0.3, -0.25) is 9.47 Å². The Balaban J connectivity index is 5.25. The second-order valence-corrected chi connectivity index (χ2v) is 8.52. The average molecular weight is 608 g/mol. The lowest BCUT2D eigenvalue weighted by Gasteiger charge is -2.34. The Kier molecular flexibility index (Phi) is 13.2. The molecule has 0 amide bonds. The highest BCUT2D eigenvalue weighted by molar-refractivity contribution is 8.00. The van der Waals surface area contributed by atoms with E-state index in [0.29, 0.717) is 12.2 Å². The highest BCUT2D eigenvalue weighted by Crippen LogP contribution is 2.51. The number of thioether (sulfide) groups is 2. The van der Waals surface area contributed by atoms with Gasteiger partial charge in [-0.25, -0.2) is 18.4 Å². The molecule has 0 saturated carbocycles. The number of carbonyl (C=O) groups excluding carboxylic acids is 2. The lowest BCUT2D eigenvalue weighted by atomic mass is 10.3. The topological polar surface area (TPSA) is 71.1 Å². The van der Waals surface area contributed by atoms with E-state index >= 15 is 0 Å². The van der Waals surface area contributed by atoms with Crippen LogP contribution in [0.4, 0.5) is 52.7 Å². The molecule has 216 valence electrons. The van der Waals surface area contributed by atoms with Gasteiger partial charge in [0.1, 0.15) is 13.2 Å². The van der Waals surface area contributed by atoms with Crippen molar-refractivity contribution in [3.8, 4) is 0 Å². The lowest BCUT2D eigenvalue weighted by Crippen LogP contribution is -2.59. The van der Waals surface area contributed by atoms with E-state index in [1.807, 2.05) is 0 Å². The van der Waals surface area contributed by atoms with E-state index in [4.69, 9.17) is 0 Å².